The zero-order chi connectivity index (χ0) is 6.41. The van der Waals surface area contributed by atoms with Crippen molar-refractivity contribution < 1.29 is 4.79 Å². The Hall–Kier alpha value is 0.450. The Kier molecular flexibility index (Phi) is 5.90. The molecule has 0 radical (unpaired) electrons. The number of carbonyl (C=O) groups is 1. The molecular formula is C5H11OPS. The Morgan fingerprint density at radius 2 is 2.38 bits per heavy atom. The third-order valence-corrected chi connectivity index (χ3v) is 1.89. The highest BCUT2D eigenvalue weighted by Crippen LogP contribution is 2.09. The maximum atomic E-state index is 10.6. The van der Waals surface area contributed by atoms with E-state index in [9.17, 15) is 4.79 Å². The van der Waals surface area contributed by atoms with E-state index in [4.69, 9.17) is 0 Å². The van der Waals surface area contributed by atoms with Gasteiger partial charge in [0.25, 0.3) is 0 Å². The summed E-state index contributed by atoms with van der Waals surface area (Å²) in [6.45, 7) is 2.02. The van der Waals surface area contributed by atoms with Crippen molar-refractivity contribution in [1.82, 2.24) is 0 Å². The summed E-state index contributed by atoms with van der Waals surface area (Å²) in [6, 6.07) is 0. The summed E-state index contributed by atoms with van der Waals surface area (Å²) >= 11 is 1.38. The van der Waals surface area contributed by atoms with E-state index >= 15 is 0 Å². The van der Waals surface area contributed by atoms with E-state index in [1.807, 2.05) is 6.92 Å². The molecular weight excluding hydrogens is 139 g/mol. The SMILES string of the molecule is CCCC(=O)SCP. The first kappa shape index (κ1) is 8.45. The third-order valence-electron chi connectivity index (χ3n) is 0.698. The summed E-state index contributed by atoms with van der Waals surface area (Å²) in [5.74, 6) is 0. The number of carbonyl (C=O) groups excluding carboxylic acids is 1. The predicted octanol–water partition coefficient (Wildman–Crippen LogP) is 1.88. The van der Waals surface area contributed by atoms with Crippen LogP contribution in [0.1, 0.15) is 19.8 Å². The average molecular weight is 150 g/mol. The average Bonchev–Trinajstić information content (AvgIpc) is 1.68. The third kappa shape index (κ3) is 4.61. The molecule has 1 nitrogen and oxygen atoms in total. The number of thioether (sulfide) groups is 1. The second kappa shape index (κ2) is 5.58. The normalized spacial score (nSPS) is 9.25. The number of hydrogen-bond acceptors (Lipinski definition) is 2. The van der Waals surface area contributed by atoms with Crippen LogP contribution in [0.5, 0.6) is 0 Å². The number of rotatable bonds is 3. The van der Waals surface area contributed by atoms with Gasteiger partial charge in [0.05, 0.1) is 0 Å². The lowest BCUT2D eigenvalue weighted by Crippen LogP contribution is -1.87. The lowest BCUT2D eigenvalue weighted by atomic mass is 10.4. The molecule has 0 bridgehead atoms. The van der Waals surface area contributed by atoms with Crippen LogP contribution in [0.3, 0.4) is 0 Å². The molecule has 0 aliphatic carbocycles. The first-order chi connectivity index (χ1) is 3.81. The summed E-state index contributed by atoms with van der Waals surface area (Å²) in [5.41, 5.74) is 0.832. The van der Waals surface area contributed by atoms with Gasteiger partial charge >= 0.3 is 0 Å². The molecule has 0 aliphatic heterocycles. The monoisotopic (exact) mass is 150 g/mol. The van der Waals surface area contributed by atoms with Crippen molar-refractivity contribution >= 4 is 26.1 Å². The molecule has 0 spiro atoms. The largest absolute Gasteiger partial charge is 0.287 e. The van der Waals surface area contributed by atoms with Crippen LogP contribution in [0.25, 0.3) is 0 Å². The Morgan fingerprint density at radius 3 is 2.75 bits per heavy atom. The molecule has 0 heterocycles. The molecule has 0 aliphatic rings. The molecule has 0 aromatic rings. The summed E-state index contributed by atoms with van der Waals surface area (Å²) in [7, 11) is 2.52. The van der Waals surface area contributed by atoms with Gasteiger partial charge in [-0.2, -0.15) is 0 Å². The van der Waals surface area contributed by atoms with Crippen LogP contribution in [0.15, 0.2) is 0 Å². The number of hydrogen-bond donors (Lipinski definition) is 0. The molecule has 0 amide bonds. The van der Waals surface area contributed by atoms with Crippen molar-refractivity contribution in [3.05, 3.63) is 0 Å². The van der Waals surface area contributed by atoms with E-state index in [0.717, 1.165) is 18.3 Å². The molecule has 0 aromatic carbocycles. The fraction of sp³-hybridized carbons (Fsp3) is 0.800. The molecule has 8 heavy (non-hydrogen) atoms. The molecule has 1 atom stereocenters. The first-order valence-electron chi connectivity index (χ1n) is 2.67. The molecule has 0 fully saturated rings. The summed E-state index contributed by atoms with van der Waals surface area (Å²) in [4.78, 5) is 10.6. The second-order valence-electron chi connectivity index (χ2n) is 1.43. The van der Waals surface area contributed by atoms with Crippen molar-refractivity contribution in [1.29, 1.82) is 0 Å². The molecule has 0 saturated heterocycles. The topological polar surface area (TPSA) is 17.1 Å². The molecule has 3 heteroatoms. The van der Waals surface area contributed by atoms with Crippen LogP contribution in [-0.4, -0.2) is 10.6 Å². The van der Waals surface area contributed by atoms with E-state index in [1.165, 1.54) is 11.8 Å². The lowest BCUT2D eigenvalue weighted by molar-refractivity contribution is -0.110. The van der Waals surface area contributed by atoms with Crippen molar-refractivity contribution in [2.75, 3.05) is 5.49 Å². The van der Waals surface area contributed by atoms with Gasteiger partial charge in [0.15, 0.2) is 5.12 Å². The molecule has 0 N–H and O–H groups in total. The summed E-state index contributed by atoms with van der Waals surface area (Å²) < 4.78 is 0. The fourth-order valence-electron chi connectivity index (χ4n) is 0.369. The Morgan fingerprint density at radius 1 is 1.75 bits per heavy atom. The quantitative estimate of drug-likeness (QED) is 0.571. The van der Waals surface area contributed by atoms with Gasteiger partial charge in [-0.05, 0) is 6.42 Å². The maximum Gasteiger partial charge on any atom is 0.189 e. The maximum absolute atomic E-state index is 10.6. The molecule has 48 valence electrons. The van der Waals surface area contributed by atoms with Crippen LogP contribution in [0.4, 0.5) is 0 Å². The van der Waals surface area contributed by atoms with Gasteiger partial charge in [0.2, 0.25) is 0 Å². The minimum atomic E-state index is 0.308. The molecule has 0 rings (SSSR count). The highest BCUT2D eigenvalue weighted by molar-refractivity contribution is 8.15. The van der Waals surface area contributed by atoms with Crippen LogP contribution in [0, 0.1) is 0 Å². The molecule has 1 unspecified atom stereocenters. The van der Waals surface area contributed by atoms with E-state index in [0.29, 0.717) is 5.12 Å². The minimum Gasteiger partial charge on any atom is -0.287 e. The Balaban J connectivity index is 3.06. The lowest BCUT2D eigenvalue weighted by Gasteiger charge is -1.90. The Bertz CT molecular complexity index is 66.8. The van der Waals surface area contributed by atoms with E-state index in [1.54, 1.807) is 0 Å². The van der Waals surface area contributed by atoms with Crippen molar-refractivity contribution in [2.45, 2.75) is 19.8 Å². The first-order valence-corrected chi connectivity index (χ1v) is 4.47. The van der Waals surface area contributed by atoms with Crippen LogP contribution >= 0.6 is 21.0 Å². The predicted molar refractivity (Wildman–Crippen MR) is 42.1 cm³/mol. The zero-order valence-corrected chi connectivity index (χ0v) is 6.99. The van der Waals surface area contributed by atoms with Crippen molar-refractivity contribution in [3.63, 3.8) is 0 Å². The molecule has 0 saturated carbocycles. The fourth-order valence-corrected chi connectivity index (χ4v) is 1.46. The minimum absolute atomic E-state index is 0.308. The van der Waals surface area contributed by atoms with Crippen LogP contribution < -0.4 is 0 Å². The van der Waals surface area contributed by atoms with Gasteiger partial charge in [0.1, 0.15) is 0 Å². The van der Waals surface area contributed by atoms with Crippen molar-refractivity contribution in [3.8, 4) is 0 Å². The highest BCUT2D eigenvalue weighted by atomic mass is 32.2. The van der Waals surface area contributed by atoms with Gasteiger partial charge in [-0.3, -0.25) is 4.79 Å². The smallest absolute Gasteiger partial charge is 0.189 e. The second-order valence-corrected chi connectivity index (χ2v) is 3.51. The summed E-state index contributed by atoms with van der Waals surface area (Å²) in [6.07, 6.45) is 1.69. The summed E-state index contributed by atoms with van der Waals surface area (Å²) in [5, 5.41) is 0.308. The molecule has 0 aromatic heterocycles. The standard InChI is InChI=1S/C5H11OPS/c1-2-3-5(6)8-4-7/h2-4,7H2,1H3. The highest BCUT2D eigenvalue weighted by Gasteiger charge is 1.95. The van der Waals surface area contributed by atoms with Gasteiger partial charge in [0, 0.05) is 11.9 Å². The van der Waals surface area contributed by atoms with Gasteiger partial charge in [-0.15, -0.1) is 9.24 Å². The van der Waals surface area contributed by atoms with Gasteiger partial charge < -0.3 is 0 Å². The van der Waals surface area contributed by atoms with E-state index in [-0.39, 0.29) is 0 Å². The van der Waals surface area contributed by atoms with E-state index in [2.05, 4.69) is 9.24 Å². The van der Waals surface area contributed by atoms with Gasteiger partial charge in [-0.25, -0.2) is 0 Å². The van der Waals surface area contributed by atoms with Crippen LogP contribution in [0.2, 0.25) is 0 Å². The van der Waals surface area contributed by atoms with Gasteiger partial charge in [-0.1, -0.05) is 18.7 Å². The zero-order valence-electron chi connectivity index (χ0n) is 5.02. The van der Waals surface area contributed by atoms with E-state index < -0.39 is 0 Å². The Labute approximate surface area is 56.8 Å². The van der Waals surface area contributed by atoms with Crippen LogP contribution in [-0.2, 0) is 4.79 Å². The van der Waals surface area contributed by atoms with Crippen molar-refractivity contribution in [2.24, 2.45) is 0 Å².